The molecule has 2 N–H and O–H groups in total. The van der Waals surface area contributed by atoms with Crippen LogP contribution in [0.2, 0.25) is 0 Å². The highest BCUT2D eigenvalue weighted by Gasteiger charge is 2.17. The topological polar surface area (TPSA) is 120 Å². The van der Waals surface area contributed by atoms with Gasteiger partial charge in [0.05, 0.1) is 23.3 Å². The van der Waals surface area contributed by atoms with Crippen molar-refractivity contribution in [2.45, 2.75) is 25.0 Å². The number of carbonyl (C=O) groups excluding carboxylic acids is 2. The maximum Gasteiger partial charge on any atom is 0.321 e. The molecule has 29 heavy (non-hydrogen) atoms. The molecule has 0 spiro atoms. The Labute approximate surface area is 170 Å². The molecule has 0 bridgehead atoms. The maximum absolute atomic E-state index is 12.8. The van der Waals surface area contributed by atoms with Crippen LogP contribution < -0.4 is 16.2 Å². The van der Waals surface area contributed by atoms with Crippen LogP contribution in [0.3, 0.4) is 0 Å². The summed E-state index contributed by atoms with van der Waals surface area (Å²) >= 11 is 1.14. The van der Waals surface area contributed by atoms with E-state index in [1.54, 1.807) is 21.1 Å². The number of imide groups is 1. The van der Waals surface area contributed by atoms with Gasteiger partial charge in [0.2, 0.25) is 11.7 Å². The fraction of sp³-hybridized carbons (Fsp3) is 0.389. The van der Waals surface area contributed by atoms with E-state index in [1.807, 2.05) is 19.1 Å². The molecule has 0 aliphatic carbocycles. The molecular weight excluding hydrogens is 396 g/mol. The lowest BCUT2D eigenvalue weighted by atomic mass is 10.2. The summed E-state index contributed by atoms with van der Waals surface area (Å²) in [6.45, 7) is 3.15. The Morgan fingerprint density at radius 1 is 1.24 bits per heavy atom. The van der Waals surface area contributed by atoms with Gasteiger partial charge >= 0.3 is 6.03 Å². The minimum Gasteiger partial charge on any atom is -0.383 e. The first kappa shape index (κ1) is 20.8. The van der Waals surface area contributed by atoms with E-state index in [0.717, 1.165) is 18.2 Å². The molecule has 1 aromatic carbocycles. The second-order valence-corrected chi connectivity index (χ2v) is 7.12. The minimum atomic E-state index is -0.582. The number of hydrogen-bond acceptors (Lipinski definition) is 7. The van der Waals surface area contributed by atoms with Crippen molar-refractivity contribution in [1.29, 1.82) is 0 Å². The Morgan fingerprint density at radius 3 is 2.79 bits per heavy atom. The van der Waals surface area contributed by atoms with Gasteiger partial charge in [-0.1, -0.05) is 30.8 Å². The van der Waals surface area contributed by atoms with E-state index in [1.165, 1.54) is 7.11 Å². The summed E-state index contributed by atoms with van der Waals surface area (Å²) in [5, 5.41) is 14.1. The van der Waals surface area contributed by atoms with Gasteiger partial charge in [-0.25, -0.2) is 4.79 Å². The highest BCUT2D eigenvalue weighted by Crippen LogP contribution is 2.21. The number of ether oxygens (including phenoxy) is 1. The summed E-state index contributed by atoms with van der Waals surface area (Å²) in [4.78, 5) is 36.5. The molecule has 3 amide bonds. The largest absolute Gasteiger partial charge is 0.383 e. The summed E-state index contributed by atoms with van der Waals surface area (Å²) in [7, 11) is 1.52. The van der Waals surface area contributed by atoms with Crippen molar-refractivity contribution in [2.75, 3.05) is 26.0 Å². The van der Waals surface area contributed by atoms with E-state index in [4.69, 9.17) is 4.74 Å². The van der Waals surface area contributed by atoms with E-state index in [-0.39, 0.29) is 11.3 Å². The van der Waals surface area contributed by atoms with Gasteiger partial charge in [-0.05, 0) is 18.6 Å². The lowest BCUT2D eigenvalue weighted by molar-refractivity contribution is -0.117. The normalized spacial score (nSPS) is 11.1. The Morgan fingerprint density at radius 2 is 2.03 bits per heavy atom. The third-order valence-electron chi connectivity index (χ3n) is 4.10. The number of fused-ring (bicyclic) bond motifs is 3. The van der Waals surface area contributed by atoms with Gasteiger partial charge in [0.25, 0.3) is 5.56 Å². The van der Waals surface area contributed by atoms with Gasteiger partial charge in [0.1, 0.15) is 0 Å². The second kappa shape index (κ2) is 9.52. The molecule has 0 unspecified atom stereocenters. The van der Waals surface area contributed by atoms with E-state index >= 15 is 0 Å². The fourth-order valence-corrected chi connectivity index (χ4v) is 3.60. The Hall–Kier alpha value is -2.92. The number of urea groups is 1. The van der Waals surface area contributed by atoms with Gasteiger partial charge in [-0.15, -0.1) is 10.2 Å². The Kier molecular flexibility index (Phi) is 6.83. The molecule has 11 heteroatoms. The van der Waals surface area contributed by atoms with Crippen molar-refractivity contribution in [3.8, 4) is 0 Å². The summed E-state index contributed by atoms with van der Waals surface area (Å²) in [6, 6.07) is 6.63. The van der Waals surface area contributed by atoms with Crippen LogP contribution in [0.25, 0.3) is 16.7 Å². The number of aryl methyl sites for hydroxylation is 1. The number of rotatable bonds is 8. The number of aromatic nitrogens is 4. The number of para-hydroxylation sites is 1. The van der Waals surface area contributed by atoms with Gasteiger partial charge < -0.3 is 10.1 Å². The van der Waals surface area contributed by atoms with Gasteiger partial charge in [-0.2, -0.15) is 0 Å². The second-order valence-electron chi connectivity index (χ2n) is 6.18. The number of nitrogens with one attached hydrogen (secondary N) is 2. The predicted octanol–water partition coefficient (Wildman–Crippen LogP) is 1.02. The fourth-order valence-electron chi connectivity index (χ4n) is 2.86. The third kappa shape index (κ3) is 4.57. The first-order valence-corrected chi connectivity index (χ1v) is 10.1. The van der Waals surface area contributed by atoms with Gasteiger partial charge in [0.15, 0.2) is 5.16 Å². The van der Waals surface area contributed by atoms with Crippen molar-refractivity contribution in [3.05, 3.63) is 34.6 Å². The number of nitrogens with zero attached hydrogens (tertiary/aromatic N) is 4. The number of hydrogen-bond donors (Lipinski definition) is 2. The number of amides is 3. The molecule has 0 aliphatic heterocycles. The Bertz CT molecular complexity index is 1090. The van der Waals surface area contributed by atoms with Crippen LogP contribution in [0.15, 0.2) is 34.2 Å². The molecular formula is C18H22N6O4S. The van der Waals surface area contributed by atoms with Crippen LogP contribution in [-0.4, -0.2) is 57.1 Å². The van der Waals surface area contributed by atoms with Crippen molar-refractivity contribution < 1.29 is 14.3 Å². The lowest BCUT2D eigenvalue weighted by Crippen LogP contribution is -2.41. The third-order valence-corrected chi connectivity index (χ3v) is 5.03. The van der Waals surface area contributed by atoms with Gasteiger partial charge in [0, 0.05) is 20.2 Å². The predicted molar refractivity (Wildman–Crippen MR) is 109 cm³/mol. The molecule has 2 heterocycles. The molecule has 2 aromatic heterocycles. The SMILES string of the molecule is CCCn1c(=O)c2ccccc2n2c(SCC(=O)NC(=O)NCCOC)nnc12. The lowest BCUT2D eigenvalue weighted by Gasteiger charge is -2.10. The average Bonchev–Trinajstić information content (AvgIpc) is 3.14. The van der Waals surface area contributed by atoms with Crippen LogP contribution >= 0.6 is 11.8 Å². The van der Waals surface area contributed by atoms with Crippen LogP contribution in [0.5, 0.6) is 0 Å². The Balaban J connectivity index is 1.83. The zero-order valence-electron chi connectivity index (χ0n) is 16.2. The highest BCUT2D eigenvalue weighted by molar-refractivity contribution is 7.99. The van der Waals surface area contributed by atoms with Gasteiger partial charge in [-0.3, -0.25) is 23.9 Å². The zero-order chi connectivity index (χ0) is 20.8. The standard InChI is InChI=1S/C18H22N6O4S/c1-3-9-23-15(26)12-6-4-5-7-13(12)24-17(23)21-22-18(24)29-11-14(25)20-16(27)19-8-10-28-2/h4-7H,3,8-11H2,1-2H3,(H2,19,20,25,27). The van der Waals surface area contributed by atoms with Crippen molar-refractivity contribution in [1.82, 2.24) is 29.8 Å². The summed E-state index contributed by atoms with van der Waals surface area (Å²) in [6.07, 6.45) is 0.768. The van der Waals surface area contributed by atoms with Crippen LogP contribution in [-0.2, 0) is 16.1 Å². The molecule has 0 radical (unpaired) electrons. The summed E-state index contributed by atoms with van der Waals surface area (Å²) in [5.74, 6) is -0.0664. The maximum atomic E-state index is 12.8. The molecule has 3 rings (SSSR count). The monoisotopic (exact) mass is 418 g/mol. The van der Waals surface area contributed by atoms with Crippen molar-refractivity contribution >= 4 is 40.4 Å². The first-order chi connectivity index (χ1) is 14.1. The first-order valence-electron chi connectivity index (χ1n) is 9.13. The molecule has 10 nitrogen and oxygen atoms in total. The van der Waals surface area contributed by atoms with Crippen LogP contribution in [0, 0.1) is 0 Å². The van der Waals surface area contributed by atoms with E-state index in [9.17, 15) is 14.4 Å². The molecule has 0 saturated heterocycles. The quantitative estimate of drug-likeness (QED) is 0.414. The summed E-state index contributed by atoms with van der Waals surface area (Å²) < 4.78 is 8.18. The average molecular weight is 418 g/mol. The number of methoxy groups -OCH3 is 1. The van der Waals surface area contributed by atoms with Crippen molar-refractivity contribution in [2.24, 2.45) is 0 Å². The van der Waals surface area contributed by atoms with Crippen LogP contribution in [0.4, 0.5) is 4.79 Å². The number of benzene rings is 1. The summed E-state index contributed by atoms with van der Waals surface area (Å²) in [5.41, 5.74) is 0.550. The van der Waals surface area contributed by atoms with Crippen LogP contribution in [0.1, 0.15) is 13.3 Å². The molecule has 0 fully saturated rings. The van der Waals surface area contributed by atoms with E-state index in [2.05, 4.69) is 20.8 Å². The molecule has 3 aromatic rings. The molecule has 0 saturated carbocycles. The number of thioether (sulfide) groups is 1. The molecule has 0 atom stereocenters. The van der Waals surface area contributed by atoms with E-state index in [0.29, 0.717) is 41.5 Å². The van der Waals surface area contributed by atoms with E-state index < -0.39 is 11.9 Å². The number of carbonyl (C=O) groups is 2. The molecule has 154 valence electrons. The smallest absolute Gasteiger partial charge is 0.321 e. The van der Waals surface area contributed by atoms with Crippen molar-refractivity contribution in [3.63, 3.8) is 0 Å². The highest BCUT2D eigenvalue weighted by atomic mass is 32.2. The minimum absolute atomic E-state index is 0.0281. The zero-order valence-corrected chi connectivity index (χ0v) is 17.0. The molecule has 0 aliphatic rings.